The monoisotopic (exact) mass is 391 g/mol. The molecule has 5 nitrogen and oxygen atoms in total. The second kappa shape index (κ2) is 6.70. The van der Waals surface area contributed by atoms with Gasteiger partial charge in [-0.25, -0.2) is 0 Å². The third-order valence-electron chi connectivity index (χ3n) is 4.81. The predicted molar refractivity (Wildman–Crippen MR) is 91.6 cm³/mol. The first-order valence-electron chi connectivity index (χ1n) is 7.79. The first kappa shape index (κ1) is 17.8. The number of nitrogens with zero attached hydrogens (tertiary/aromatic N) is 1. The van der Waals surface area contributed by atoms with E-state index < -0.39 is 32.7 Å². The summed E-state index contributed by atoms with van der Waals surface area (Å²) < 4.78 is 3.71. The van der Waals surface area contributed by atoms with Crippen molar-refractivity contribution in [1.29, 1.82) is 0 Å². The van der Waals surface area contributed by atoms with Crippen LogP contribution in [0.3, 0.4) is 0 Å². The van der Waals surface area contributed by atoms with E-state index in [4.69, 9.17) is 39.5 Å². The Morgan fingerprint density at radius 1 is 1.21 bits per heavy atom. The number of hydrogen-bond acceptors (Lipinski definition) is 4. The molecule has 0 aromatic heterocycles. The van der Waals surface area contributed by atoms with Gasteiger partial charge in [-0.2, -0.15) is 0 Å². The molecule has 130 valence electrons. The lowest BCUT2D eigenvalue weighted by molar-refractivity contribution is -0.540. The van der Waals surface area contributed by atoms with Gasteiger partial charge in [0.25, 0.3) is 6.04 Å². The standard InChI is InChI=1S/C16H16Cl3NO4/c17-16(18,19)15-14(20(22)23)13(9-5-1-3-7-11(9)21)10-6-2-4-8-12(10)24-15/h2,4,6,8-9,13-15H,1,3,5,7H2/t9-,13-,14-,15-/m1/s1. The largest absolute Gasteiger partial charge is 0.478 e. The minimum Gasteiger partial charge on any atom is -0.478 e. The fourth-order valence-corrected chi connectivity index (χ4v) is 4.31. The highest BCUT2D eigenvalue weighted by atomic mass is 35.6. The Hall–Kier alpha value is -1.04. The number of alkyl halides is 3. The van der Waals surface area contributed by atoms with E-state index in [9.17, 15) is 14.9 Å². The molecule has 2 aliphatic rings. The van der Waals surface area contributed by atoms with Gasteiger partial charge in [-0.15, -0.1) is 0 Å². The number of halogens is 3. The van der Waals surface area contributed by atoms with Crippen molar-refractivity contribution in [1.82, 2.24) is 0 Å². The molecule has 0 N–H and O–H groups in total. The van der Waals surface area contributed by atoms with Crippen molar-refractivity contribution < 1.29 is 14.5 Å². The molecule has 1 heterocycles. The maximum absolute atomic E-state index is 12.5. The van der Waals surface area contributed by atoms with Crippen LogP contribution in [-0.4, -0.2) is 26.6 Å². The molecular weight excluding hydrogens is 377 g/mol. The summed E-state index contributed by atoms with van der Waals surface area (Å²) in [5.74, 6) is -0.624. The van der Waals surface area contributed by atoms with Crippen molar-refractivity contribution in [2.75, 3.05) is 0 Å². The lowest BCUT2D eigenvalue weighted by Gasteiger charge is -2.40. The van der Waals surface area contributed by atoms with E-state index in [-0.39, 0.29) is 5.78 Å². The number of Topliss-reactive ketones (excluding diaryl/α,β-unsaturated/α-hetero) is 1. The Labute approximate surface area is 154 Å². The molecule has 3 rings (SSSR count). The number of ether oxygens (including phenoxy) is 1. The predicted octanol–water partition coefficient (Wildman–Crippen LogP) is 4.31. The Kier molecular flexibility index (Phi) is 4.96. The van der Waals surface area contributed by atoms with Gasteiger partial charge in [0.05, 0.1) is 5.92 Å². The van der Waals surface area contributed by atoms with Crippen LogP contribution in [0, 0.1) is 16.0 Å². The van der Waals surface area contributed by atoms with Gasteiger partial charge in [0, 0.05) is 22.8 Å². The normalized spacial score (nSPS) is 30.4. The van der Waals surface area contributed by atoms with Crippen LogP contribution < -0.4 is 4.74 Å². The van der Waals surface area contributed by atoms with Crippen LogP contribution in [0.2, 0.25) is 0 Å². The molecule has 0 bridgehead atoms. The highest BCUT2D eigenvalue weighted by molar-refractivity contribution is 6.68. The molecule has 4 atom stereocenters. The number of carbonyl (C=O) groups excluding carboxylic acids is 1. The zero-order valence-electron chi connectivity index (χ0n) is 12.7. The molecule has 0 spiro atoms. The summed E-state index contributed by atoms with van der Waals surface area (Å²) in [6, 6.07) is 5.68. The molecule has 1 aromatic carbocycles. The van der Waals surface area contributed by atoms with Gasteiger partial charge in [0.1, 0.15) is 11.5 Å². The van der Waals surface area contributed by atoms with Crippen molar-refractivity contribution >= 4 is 40.6 Å². The first-order valence-corrected chi connectivity index (χ1v) is 8.92. The van der Waals surface area contributed by atoms with Crippen molar-refractivity contribution in [2.24, 2.45) is 5.92 Å². The Morgan fingerprint density at radius 3 is 2.54 bits per heavy atom. The molecule has 1 aliphatic heterocycles. The molecule has 1 aliphatic carbocycles. The molecular formula is C16H16Cl3NO4. The quantitative estimate of drug-likeness (QED) is 0.427. The number of ketones is 1. The summed E-state index contributed by atoms with van der Waals surface area (Å²) in [6.45, 7) is 0. The van der Waals surface area contributed by atoms with E-state index >= 15 is 0 Å². The minimum atomic E-state index is -1.97. The third kappa shape index (κ3) is 3.22. The molecule has 0 radical (unpaired) electrons. The van der Waals surface area contributed by atoms with Crippen molar-refractivity contribution in [3.8, 4) is 5.75 Å². The van der Waals surface area contributed by atoms with E-state index in [0.717, 1.165) is 12.8 Å². The van der Waals surface area contributed by atoms with Gasteiger partial charge in [0.2, 0.25) is 9.90 Å². The zero-order valence-corrected chi connectivity index (χ0v) is 14.9. The fourth-order valence-electron chi connectivity index (χ4n) is 3.79. The highest BCUT2D eigenvalue weighted by Gasteiger charge is 2.57. The zero-order chi connectivity index (χ0) is 17.5. The molecule has 8 heteroatoms. The smallest absolute Gasteiger partial charge is 0.261 e. The number of para-hydroxylation sites is 1. The van der Waals surface area contributed by atoms with Crippen LogP contribution in [0.5, 0.6) is 5.75 Å². The van der Waals surface area contributed by atoms with Crippen LogP contribution in [-0.2, 0) is 4.79 Å². The lowest BCUT2D eigenvalue weighted by Crippen LogP contribution is -2.54. The molecule has 0 unspecified atom stereocenters. The molecule has 1 aromatic rings. The fraction of sp³-hybridized carbons (Fsp3) is 0.562. The SMILES string of the molecule is O=C1CCCC[C@H]1[C@@H]1c2ccccc2O[C@@H](C(Cl)(Cl)Cl)[C@@H]1[N+](=O)[O-]. The third-order valence-corrected chi connectivity index (χ3v) is 5.46. The molecule has 24 heavy (non-hydrogen) atoms. The van der Waals surface area contributed by atoms with E-state index in [2.05, 4.69) is 0 Å². The average molecular weight is 393 g/mol. The summed E-state index contributed by atoms with van der Waals surface area (Å²) in [7, 11) is 0. The molecule has 1 fully saturated rings. The van der Waals surface area contributed by atoms with Gasteiger partial charge in [-0.1, -0.05) is 59.4 Å². The molecule has 0 amide bonds. The summed E-state index contributed by atoms with van der Waals surface area (Å²) in [4.78, 5) is 23.8. The average Bonchev–Trinajstić information content (AvgIpc) is 2.52. The molecule has 1 saturated carbocycles. The van der Waals surface area contributed by atoms with Crippen LogP contribution in [0.4, 0.5) is 0 Å². The topological polar surface area (TPSA) is 69.4 Å². The van der Waals surface area contributed by atoms with Gasteiger partial charge >= 0.3 is 0 Å². The number of benzene rings is 1. The van der Waals surface area contributed by atoms with Gasteiger partial charge in [0.15, 0.2) is 0 Å². The van der Waals surface area contributed by atoms with Crippen LogP contribution in [0.25, 0.3) is 0 Å². The number of nitro groups is 1. The van der Waals surface area contributed by atoms with E-state index in [0.29, 0.717) is 24.2 Å². The summed E-state index contributed by atoms with van der Waals surface area (Å²) in [5, 5.41) is 11.8. The Bertz CT molecular complexity index is 661. The van der Waals surface area contributed by atoms with Crippen LogP contribution in [0.1, 0.15) is 37.2 Å². The Balaban J connectivity index is 2.13. The van der Waals surface area contributed by atoms with Crippen LogP contribution in [0.15, 0.2) is 24.3 Å². The van der Waals surface area contributed by atoms with Crippen molar-refractivity contribution in [3.05, 3.63) is 39.9 Å². The summed E-state index contributed by atoms with van der Waals surface area (Å²) >= 11 is 17.9. The van der Waals surface area contributed by atoms with E-state index in [1.807, 2.05) is 0 Å². The maximum atomic E-state index is 12.5. The lowest BCUT2D eigenvalue weighted by atomic mass is 9.70. The number of rotatable bonds is 2. The van der Waals surface area contributed by atoms with E-state index in [1.54, 1.807) is 24.3 Å². The highest BCUT2D eigenvalue weighted by Crippen LogP contribution is 2.49. The molecule has 0 saturated heterocycles. The van der Waals surface area contributed by atoms with Crippen molar-refractivity contribution in [2.45, 2.75) is 47.5 Å². The van der Waals surface area contributed by atoms with Gasteiger partial charge < -0.3 is 4.74 Å². The van der Waals surface area contributed by atoms with Crippen LogP contribution >= 0.6 is 34.8 Å². The van der Waals surface area contributed by atoms with Crippen molar-refractivity contribution in [3.63, 3.8) is 0 Å². The second-order valence-electron chi connectivity index (χ2n) is 6.24. The number of fused-ring (bicyclic) bond motifs is 1. The van der Waals surface area contributed by atoms with Gasteiger partial charge in [-0.05, 0) is 18.9 Å². The second-order valence-corrected chi connectivity index (χ2v) is 8.61. The maximum Gasteiger partial charge on any atom is 0.261 e. The summed E-state index contributed by atoms with van der Waals surface area (Å²) in [5.41, 5.74) is 0.643. The number of carbonyl (C=O) groups is 1. The number of hydrogen-bond donors (Lipinski definition) is 0. The van der Waals surface area contributed by atoms with E-state index in [1.165, 1.54) is 0 Å². The Morgan fingerprint density at radius 2 is 1.92 bits per heavy atom. The summed E-state index contributed by atoms with van der Waals surface area (Å²) in [6.07, 6.45) is 1.46. The minimum absolute atomic E-state index is 0.0397. The first-order chi connectivity index (χ1) is 11.3. The van der Waals surface area contributed by atoms with Gasteiger partial charge in [-0.3, -0.25) is 14.9 Å².